The van der Waals surface area contributed by atoms with E-state index in [2.05, 4.69) is 20.1 Å². The predicted octanol–water partition coefficient (Wildman–Crippen LogP) is 4.71. The fourth-order valence-corrected chi connectivity index (χ4v) is 3.52. The molecule has 1 N–H and O–H groups in total. The van der Waals surface area contributed by atoms with Crippen LogP contribution in [-0.4, -0.2) is 27.0 Å². The Kier molecular flexibility index (Phi) is 4.62. The van der Waals surface area contributed by atoms with Crippen molar-refractivity contribution < 1.29 is 22.7 Å². The van der Waals surface area contributed by atoms with Crippen molar-refractivity contribution in [2.75, 3.05) is 5.32 Å². The first kappa shape index (κ1) is 19.2. The van der Waals surface area contributed by atoms with E-state index in [1.807, 2.05) is 20.8 Å². The van der Waals surface area contributed by atoms with Gasteiger partial charge in [-0.3, -0.25) is 14.8 Å². The summed E-state index contributed by atoms with van der Waals surface area (Å²) in [7, 11) is 0. The number of benzene rings is 1. The highest BCUT2D eigenvalue weighted by atomic mass is 32.1. The molecular formula is C17H17F3N4O2S. The van der Waals surface area contributed by atoms with Gasteiger partial charge in [0.25, 0.3) is 5.91 Å². The summed E-state index contributed by atoms with van der Waals surface area (Å²) >= 11 is 1.06. The van der Waals surface area contributed by atoms with Crippen LogP contribution in [0.5, 0.6) is 5.75 Å². The minimum Gasteiger partial charge on any atom is -0.406 e. The number of anilines is 1. The second kappa shape index (κ2) is 6.52. The SMILES string of the molecule is Cc1c(C(=O)Nc2nc3ccc(OC(F)(F)F)cc3s2)cnn1C(C)(C)C. The maximum absolute atomic E-state index is 12.5. The normalized spacial score (nSPS) is 12.4. The monoisotopic (exact) mass is 398 g/mol. The molecule has 2 heterocycles. The van der Waals surface area contributed by atoms with Crippen molar-refractivity contribution in [3.63, 3.8) is 0 Å². The molecule has 0 aliphatic carbocycles. The lowest BCUT2D eigenvalue weighted by molar-refractivity contribution is -0.274. The van der Waals surface area contributed by atoms with Crippen LogP contribution in [0.1, 0.15) is 36.8 Å². The molecule has 2 aromatic heterocycles. The highest BCUT2D eigenvalue weighted by Crippen LogP contribution is 2.32. The second-order valence-electron chi connectivity index (χ2n) is 6.88. The third kappa shape index (κ3) is 4.21. The first-order valence-corrected chi connectivity index (χ1v) is 8.78. The molecule has 0 saturated carbocycles. The van der Waals surface area contributed by atoms with Gasteiger partial charge in [0.1, 0.15) is 5.75 Å². The number of rotatable bonds is 3. The first-order chi connectivity index (χ1) is 12.4. The number of carbonyl (C=O) groups excluding carboxylic acids is 1. The van der Waals surface area contributed by atoms with Crippen molar-refractivity contribution in [1.29, 1.82) is 0 Å². The van der Waals surface area contributed by atoms with Gasteiger partial charge in [0.2, 0.25) is 0 Å². The maximum atomic E-state index is 12.5. The lowest BCUT2D eigenvalue weighted by Gasteiger charge is -2.21. The van der Waals surface area contributed by atoms with Crippen LogP contribution >= 0.6 is 11.3 Å². The van der Waals surface area contributed by atoms with Gasteiger partial charge in [0.05, 0.1) is 27.5 Å². The molecule has 3 aromatic rings. The van der Waals surface area contributed by atoms with Crippen LogP contribution < -0.4 is 10.1 Å². The van der Waals surface area contributed by atoms with Crippen LogP contribution in [0.25, 0.3) is 10.2 Å². The number of nitrogens with one attached hydrogen (secondary N) is 1. The molecule has 144 valence electrons. The molecule has 27 heavy (non-hydrogen) atoms. The topological polar surface area (TPSA) is 69.0 Å². The minimum atomic E-state index is -4.76. The van der Waals surface area contributed by atoms with E-state index in [1.165, 1.54) is 24.4 Å². The number of fused-ring (bicyclic) bond motifs is 1. The molecule has 0 saturated heterocycles. The molecular weight excluding hydrogens is 381 g/mol. The van der Waals surface area contributed by atoms with Crippen LogP contribution in [0.3, 0.4) is 0 Å². The van der Waals surface area contributed by atoms with Gasteiger partial charge >= 0.3 is 6.36 Å². The lowest BCUT2D eigenvalue weighted by Crippen LogP contribution is -2.25. The van der Waals surface area contributed by atoms with Crippen molar-refractivity contribution >= 4 is 32.6 Å². The van der Waals surface area contributed by atoms with Gasteiger partial charge in [-0.15, -0.1) is 13.2 Å². The standard InChI is InChI=1S/C17H17F3N4O2S/c1-9-11(8-21-24(9)16(2,3)4)14(25)23-15-22-12-6-5-10(7-13(12)27-15)26-17(18,19)20/h5-8H,1-4H3,(H,22,23,25). The molecule has 6 nitrogen and oxygen atoms in total. The molecule has 0 spiro atoms. The van der Waals surface area contributed by atoms with Gasteiger partial charge in [-0.2, -0.15) is 5.10 Å². The van der Waals surface area contributed by atoms with E-state index in [-0.39, 0.29) is 22.3 Å². The van der Waals surface area contributed by atoms with E-state index in [1.54, 1.807) is 11.6 Å². The van der Waals surface area contributed by atoms with Gasteiger partial charge in [-0.25, -0.2) is 4.98 Å². The van der Waals surface area contributed by atoms with Crippen molar-refractivity contribution in [1.82, 2.24) is 14.8 Å². The fraction of sp³-hybridized carbons (Fsp3) is 0.353. The Hall–Kier alpha value is -2.62. The Morgan fingerprint density at radius 2 is 1.96 bits per heavy atom. The maximum Gasteiger partial charge on any atom is 0.573 e. The zero-order valence-corrected chi connectivity index (χ0v) is 15.8. The molecule has 0 radical (unpaired) electrons. The van der Waals surface area contributed by atoms with Crippen LogP contribution in [-0.2, 0) is 5.54 Å². The van der Waals surface area contributed by atoms with E-state index in [0.717, 1.165) is 11.3 Å². The highest BCUT2D eigenvalue weighted by Gasteiger charge is 2.31. The molecule has 1 amide bonds. The average Bonchev–Trinajstić information content (AvgIpc) is 3.07. The Morgan fingerprint density at radius 1 is 1.26 bits per heavy atom. The summed E-state index contributed by atoms with van der Waals surface area (Å²) < 4.78 is 43.1. The van der Waals surface area contributed by atoms with E-state index in [4.69, 9.17) is 0 Å². The molecule has 0 unspecified atom stereocenters. The Balaban J connectivity index is 1.82. The number of ether oxygens (including phenoxy) is 1. The molecule has 0 bridgehead atoms. The Labute approximate surface area is 157 Å². The van der Waals surface area contributed by atoms with E-state index >= 15 is 0 Å². The number of halogens is 3. The molecule has 0 aliphatic rings. The molecule has 0 aliphatic heterocycles. The lowest BCUT2D eigenvalue weighted by atomic mass is 10.1. The quantitative estimate of drug-likeness (QED) is 0.694. The van der Waals surface area contributed by atoms with E-state index in [9.17, 15) is 18.0 Å². The Bertz CT molecular complexity index is 1000. The third-order valence-corrected chi connectivity index (χ3v) is 4.64. The van der Waals surface area contributed by atoms with Gasteiger partial charge in [-0.1, -0.05) is 11.3 Å². The zero-order valence-electron chi connectivity index (χ0n) is 15.0. The molecule has 3 rings (SSSR count). The number of alkyl halides is 3. The first-order valence-electron chi connectivity index (χ1n) is 7.97. The molecule has 0 atom stereocenters. The third-order valence-electron chi connectivity index (χ3n) is 3.70. The van der Waals surface area contributed by atoms with Gasteiger partial charge in [0.15, 0.2) is 5.13 Å². The number of aromatic nitrogens is 3. The number of hydrogen-bond acceptors (Lipinski definition) is 5. The van der Waals surface area contributed by atoms with Gasteiger partial charge in [-0.05, 0) is 39.8 Å². The summed E-state index contributed by atoms with van der Waals surface area (Å²) in [5, 5.41) is 7.21. The average molecular weight is 398 g/mol. The van der Waals surface area contributed by atoms with Crippen molar-refractivity contribution in [2.45, 2.75) is 39.6 Å². The minimum absolute atomic E-state index is 0.270. The second-order valence-corrected chi connectivity index (χ2v) is 7.91. The van der Waals surface area contributed by atoms with E-state index < -0.39 is 6.36 Å². The number of carbonyl (C=O) groups is 1. The summed E-state index contributed by atoms with van der Waals surface area (Å²) in [5.41, 5.74) is 1.31. The fourth-order valence-electron chi connectivity index (χ4n) is 2.63. The summed E-state index contributed by atoms with van der Waals surface area (Å²) in [6.45, 7) is 7.72. The summed E-state index contributed by atoms with van der Waals surface area (Å²) in [6, 6.07) is 3.82. The zero-order chi connectivity index (χ0) is 20.0. The van der Waals surface area contributed by atoms with E-state index in [0.29, 0.717) is 21.5 Å². The van der Waals surface area contributed by atoms with Gasteiger partial charge in [0, 0.05) is 11.8 Å². The van der Waals surface area contributed by atoms with Gasteiger partial charge < -0.3 is 4.74 Å². The Morgan fingerprint density at radius 3 is 2.56 bits per heavy atom. The smallest absolute Gasteiger partial charge is 0.406 e. The van der Waals surface area contributed by atoms with Crippen LogP contribution in [0.4, 0.5) is 18.3 Å². The molecule has 10 heteroatoms. The highest BCUT2D eigenvalue weighted by molar-refractivity contribution is 7.22. The summed E-state index contributed by atoms with van der Waals surface area (Å²) in [5.74, 6) is -0.715. The van der Waals surface area contributed by atoms with Crippen molar-refractivity contribution in [3.05, 3.63) is 35.7 Å². The predicted molar refractivity (Wildman–Crippen MR) is 96.2 cm³/mol. The van der Waals surface area contributed by atoms with Crippen LogP contribution in [0, 0.1) is 6.92 Å². The number of nitrogens with zero attached hydrogens (tertiary/aromatic N) is 3. The molecule has 1 aromatic carbocycles. The van der Waals surface area contributed by atoms with Crippen molar-refractivity contribution in [2.24, 2.45) is 0 Å². The number of hydrogen-bond donors (Lipinski definition) is 1. The van der Waals surface area contributed by atoms with Crippen LogP contribution in [0.15, 0.2) is 24.4 Å². The number of amides is 1. The number of thiazole rings is 1. The van der Waals surface area contributed by atoms with Crippen LogP contribution in [0.2, 0.25) is 0 Å². The van der Waals surface area contributed by atoms with Crippen molar-refractivity contribution in [3.8, 4) is 5.75 Å². The molecule has 0 fully saturated rings. The largest absolute Gasteiger partial charge is 0.573 e. The summed E-state index contributed by atoms with van der Waals surface area (Å²) in [4.78, 5) is 16.8. The summed E-state index contributed by atoms with van der Waals surface area (Å²) in [6.07, 6.45) is -3.28.